The molecule has 0 saturated heterocycles. The van der Waals surface area contributed by atoms with Gasteiger partial charge in [-0.15, -0.1) is 0 Å². The first-order chi connectivity index (χ1) is 7.77. The molecule has 0 aliphatic rings. The molecule has 0 saturated carbocycles. The second-order valence-corrected chi connectivity index (χ2v) is 3.01. The van der Waals surface area contributed by atoms with Crippen LogP contribution in [-0.4, -0.2) is 30.0 Å². The topological polar surface area (TPSA) is 54.5 Å². The fraction of sp³-hybridized carbons (Fsp3) is 0.0833. The zero-order valence-corrected chi connectivity index (χ0v) is 8.58. The molecule has 4 nitrogen and oxygen atoms in total. The Bertz CT molecular complexity index is 398. The van der Waals surface area contributed by atoms with Crippen LogP contribution < -0.4 is 0 Å². The highest BCUT2D eigenvalue weighted by Crippen LogP contribution is 2.01. The molecule has 0 unspecified atom stereocenters. The van der Waals surface area contributed by atoms with Crippen molar-refractivity contribution in [1.82, 2.24) is 4.90 Å². The fourth-order valence-corrected chi connectivity index (χ4v) is 1.09. The van der Waals surface area contributed by atoms with Gasteiger partial charge in [0.05, 0.1) is 6.54 Å². The van der Waals surface area contributed by atoms with E-state index < -0.39 is 5.91 Å². The van der Waals surface area contributed by atoms with Crippen LogP contribution in [0.2, 0.25) is 0 Å². The zero-order chi connectivity index (χ0) is 11.8. The standard InChI is InChI=1S/C12H11NO3/c14-9-8-13(10-15)12(16)7-6-11-4-2-1-3-5-11/h1-7,9-10H,8H2/b7-6+. The van der Waals surface area contributed by atoms with Crippen LogP contribution >= 0.6 is 0 Å². The lowest BCUT2D eigenvalue weighted by molar-refractivity contribution is -0.136. The van der Waals surface area contributed by atoms with Crippen molar-refractivity contribution in [2.45, 2.75) is 0 Å². The molecule has 16 heavy (non-hydrogen) atoms. The number of rotatable bonds is 5. The summed E-state index contributed by atoms with van der Waals surface area (Å²) in [7, 11) is 0. The van der Waals surface area contributed by atoms with Crippen LogP contribution in [0.3, 0.4) is 0 Å². The van der Waals surface area contributed by atoms with E-state index in [4.69, 9.17) is 0 Å². The fourth-order valence-electron chi connectivity index (χ4n) is 1.09. The quantitative estimate of drug-likeness (QED) is 0.543. The Labute approximate surface area is 93.2 Å². The first-order valence-electron chi connectivity index (χ1n) is 4.70. The lowest BCUT2D eigenvalue weighted by atomic mass is 10.2. The summed E-state index contributed by atoms with van der Waals surface area (Å²) in [5.74, 6) is -0.508. The molecular weight excluding hydrogens is 206 g/mol. The van der Waals surface area contributed by atoms with Crippen molar-refractivity contribution in [3.63, 3.8) is 0 Å². The predicted octanol–water partition coefficient (Wildman–Crippen LogP) is 0.884. The maximum atomic E-state index is 11.4. The number of carbonyl (C=O) groups is 3. The van der Waals surface area contributed by atoms with E-state index in [0.29, 0.717) is 12.7 Å². The molecule has 0 spiro atoms. The van der Waals surface area contributed by atoms with E-state index >= 15 is 0 Å². The minimum atomic E-state index is -0.508. The van der Waals surface area contributed by atoms with Gasteiger partial charge >= 0.3 is 0 Å². The number of imide groups is 1. The predicted molar refractivity (Wildman–Crippen MR) is 59.3 cm³/mol. The average Bonchev–Trinajstić information content (AvgIpc) is 2.34. The molecule has 0 fully saturated rings. The minimum Gasteiger partial charge on any atom is -0.301 e. The van der Waals surface area contributed by atoms with Crippen molar-refractivity contribution in [1.29, 1.82) is 0 Å². The molecule has 0 aliphatic heterocycles. The first kappa shape index (κ1) is 11.8. The highest BCUT2D eigenvalue weighted by molar-refractivity contribution is 5.98. The van der Waals surface area contributed by atoms with Crippen LogP contribution in [-0.2, 0) is 14.4 Å². The molecule has 4 heteroatoms. The maximum absolute atomic E-state index is 11.4. The average molecular weight is 217 g/mol. The molecule has 1 rings (SSSR count). The van der Waals surface area contributed by atoms with E-state index in [1.807, 2.05) is 30.3 Å². The Morgan fingerprint density at radius 1 is 1.19 bits per heavy atom. The summed E-state index contributed by atoms with van der Waals surface area (Å²) in [5.41, 5.74) is 0.854. The molecule has 0 heterocycles. The van der Waals surface area contributed by atoms with Crippen molar-refractivity contribution in [2.24, 2.45) is 0 Å². The highest BCUT2D eigenvalue weighted by Gasteiger charge is 2.07. The summed E-state index contributed by atoms with van der Waals surface area (Å²) in [6.45, 7) is -0.221. The Hall–Kier alpha value is -2.23. The van der Waals surface area contributed by atoms with Crippen LogP contribution in [0.4, 0.5) is 0 Å². The van der Waals surface area contributed by atoms with Gasteiger partial charge in [0.2, 0.25) is 6.41 Å². The molecule has 0 aromatic heterocycles. The molecule has 0 aliphatic carbocycles. The SMILES string of the molecule is O=CCN(C=O)C(=O)/C=C/c1ccccc1. The lowest BCUT2D eigenvalue weighted by Gasteiger charge is -2.07. The van der Waals surface area contributed by atoms with E-state index in [0.717, 1.165) is 10.5 Å². The molecule has 2 amide bonds. The van der Waals surface area contributed by atoms with Crippen molar-refractivity contribution < 1.29 is 14.4 Å². The van der Waals surface area contributed by atoms with Crippen LogP contribution in [0.1, 0.15) is 5.56 Å². The summed E-state index contributed by atoms with van der Waals surface area (Å²) < 4.78 is 0. The van der Waals surface area contributed by atoms with Crippen LogP contribution in [0.15, 0.2) is 36.4 Å². The summed E-state index contributed by atoms with van der Waals surface area (Å²) in [6, 6.07) is 9.20. The van der Waals surface area contributed by atoms with Crippen LogP contribution in [0.5, 0.6) is 0 Å². The van der Waals surface area contributed by atoms with Gasteiger partial charge < -0.3 is 4.79 Å². The van der Waals surface area contributed by atoms with E-state index in [9.17, 15) is 14.4 Å². The lowest BCUT2D eigenvalue weighted by Crippen LogP contribution is -2.29. The van der Waals surface area contributed by atoms with E-state index in [1.54, 1.807) is 6.08 Å². The highest BCUT2D eigenvalue weighted by atomic mass is 16.2. The molecule has 1 aromatic carbocycles. The molecule has 0 bridgehead atoms. The summed E-state index contributed by atoms with van der Waals surface area (Å²) in [5, 5.41) is 0. The van der Waals surface area contributed by atoms with Gasteiger partial charge in [-0.3, -0.25) is 14.5 Å². The maximum Gasteiger partial charge on any atom is 0.253 e. The zero-order valence-electron chi connectivity index (χ0n) is 8.58. The number of nitrogens with zero attached hydrogens (tertiary/aromatic N) is 1. The summed E-state index contributed by atoms with van der Waals surface area (Å²) in [4.78, 5) is 32.8. The molecule has 0 N–H and O–H groups in total. The number of aldehydes is 1. The van der Waals surface area contributed by atoms with Gasteiger partial charge in [-0.1, -0.05) is 30.3 Å². The number of hydrogen-bond donors (Lipinski definition) is 0. The third kappa shape index (κ3) is 3.49. The van der Waals surface area contributed by atoms with Gasteiger partial charge in [0, 0.05) is 6.08 Å². The molecule has 0 radical (unpaired) electrons. The number of hydrogen-bond acceptors (Lipinski definition) is 3. The second-order valence-electron chi connectivity index (χ2n) is 3.01. The first-order valence-corrected chi connectivity index (χ1v) is 4.70. The Morgan fingerprint density at radius 3 is 2.44 bits per heavy atom. The third-order valence-electron chi connectivity index (χ3n) is 1.90. The van der Waals surface area contributed by atoms with Gasteiger partial charge in [-0.25, -0.2) is 0 Å². The summed E-state index contributed by atoms with van der Waals surface area (Å²) in [6.07, 6.45) is 3.69. The van der Waals surface area contributed by atoms with Gasteiger partial charge in [0.1, 0.15) is 6.29 Å². The van der Waals surface area contributed by atoms with E-state index in [1.165, 1.54) is 6.08 Å². The van der Waals surface area contributed by atoms with Crippen LogP contribution in [0, 0.1) is 0 Å². The number of amides is 2. The Balaban J connectivity index is 2.66. The number of benzene rings is 1. The number of carbonyl (C=O) groups excluding carboxylic acids is 3. The van der Waals surface area contributed by atoms with Crippen molar-refractivity contribution in [2.75, 3.05) is 6.54 Å². The van der Waals surface area contributed by atoms with Gasteiger partial charge in [-0.05, 0) is 11.6 Å². The van der Waals surface area contributed by atoms with Gasteiger partial charge in [0.25, 0.3) is 5.91 Å². The molecule has 1 aromatic rings. The molecule has 82 valence electrons. The third-order valence-corrected chi connectivity index (χ3v) is 1.90. The van der Waals surface area contributed by atoms with Gasteiger partial charge in [0.15, 0.2) is 0 Å². The minimum absolute atomic E-state index is 0.221. The van der Waals surface area contributed by atoms with Crippen molar-refractivity contribution in [3.8, 4) is 0 Å². The second kappa shape index (κ2) is 6.29. The summed E-state index contributed by atoms with van der Waals surface area (Å²) >= 11 is 0. The van der Waals surface area contributed by atoms with Crippen molar-refractivity contribution >= 4 is 24.7 Å². The van der Waals surface area contributed by atoms with Crippen molar-refractivity contribution in [3.05, 3.63) is 42.0 Å². The normalized spacial score (nSPS) is 10.0. The van der Waals surface area contributed by atoms with E-state index in [-0.39, 0.29) is 6.54 Å². The smallest absolute Gasteiger partial charge is 0.253 e. The monoisotopic (exact) mass is 217 g/mol. The Kier molecular flexibility index (Phi) is 4.66. The van der Waals surface area contributed by atoms with Crippen LogP contribution in [0.25, 0.3) is 6.08 Å². The molecule has 0 atom stereocenters. The molecular formula is C12H11NO3. The van der Waals surface area contributed by atoms with Gasteiger partial charge in [-0.2, -0.15) is 0 Å². The van der Waals surface area contributed by atoms with E-state index in [2.05, 4.69) is 0 Å². The largest absolute Gasteiger partial charge is 0.301 e. The Morgan fingerprint density at radius 2 is 1.88 bits per heavy atom.